The molecule has 1 saturated heterocycles. The molecule has 0 bridgehead atoms. The largest absolute Gasteiger partial charge is 0.372 e. The number of rotatable bonds is 5. The third-order valence-corrected chi connectivity index (χ3v) is 6.14. The molecule has 2 fully saturated rings. The molecule has 4 rings (SSSR count). The Morgan fingerprint density at radius 2 is 1.97 bits per heavy atom. The summed E-state index contributed by atoms with van der Waals surface area (Å²) in [6.07, 6.45) is 1.02. The molecule has 1 amide bonds. The van der Waals surface area contributed by atoms with Crippen LogP contribution in [0.4, 0.5) is 10.1 Å². The van der Waals surface area contributed by atoms with Crippen molar-refractivity contribution in [1.29, 1.82) is 0 Å². The number of halogens is 2. The highest BCUT2D eigenvalue weighted by Crippen LogP contribution is 2.48. The summed E-state index contributed by atoms with van der Waals surface area (Å²) >= 11 is 3.48. The van der Waals surface area contributed by atoms with Gasteiger partial charge in [-0.25, -0.2) is 4.39 Å². The molecule has 1 saturated carbocycles. The van der Waals surface area contributed by atoms with Crippen LogP contribution in [0.5, 0.6) is 0 Å². The molecule has 0 spiro atoms. The molecule has 1 heterocycles. The van der Waals surface area contributed by atoms with E-state index in [2.05, 4.69) is 33.4 Å². The van der Waals surface area contributed by atoms with Crippen molar-refractivity contribution in [2.24, 2.45) is 5.92 Å². The molecule has 4 nitrogen and oxygen atoms in total. The number of anilines is 1. The number of nitrogens with zero attached hydrogens (tertiary/aromatic N) is 1. The first-order chi connectivity index (χ1) is 13.9. The van der Waals surface area contributed by atoms with Crippen molar-refractivity contribution < 1.29 is 13.9 Å². The van der Waals surface area contributed by atoms with Crippen molar-refractivity contribution >= 4 is 27.5 Å². The molecule has 0 aromatic heterocycles. The predicted octanol–water partition coefficient (Wildman–Crippen LogP) is 4.62. The molecule has 154 valence electrons. The van der Waals surface area contributed by atoms with Crippen molar-refractivity contribution in [3.8, 4) is 0 Å². The Labute approximate surface area is 179 Å². The number of hydrogen-bond donors (Lipinski definition) is 1. The Morgan fingerprint density at radius 1 is 1.21 bits per heavy atom. The molecular formula is C23H26BrFN2O2. The van der Waals surface area contributed by atoms with Crippen molar-refractivity contribution in [3.63, 3.8) is 0 Å². The van der Waals surface area contributed by atoms with E-state index in [9.17, 15) is 9.18 Å². The maximum absolute atomic E-state index is 14.7. The van der Waals surface area contributed by atoms with Gasteiger partial charge in [-0.15, -0.1) is 0 Å². The van der Waals surface area contributed by atoms with Gasteiger partial charge >= 0.3 is 0 Å². The lowest BCUT2D eigenvalue weighted by molar-refractivity contribution is -0.122. The minimum atomic E-state index is -0.253. The van der Waals surface area contributed by atoms with Gasteiger partial charge < -0.3 is 15.0 Å². The first-order valence-corrected chi connectivity index (χ1v) is 10.9. The van der Waals surface area contributed by atoms with Gasteiger partial charge in [-0.2, -0.15) is 0 Å². The Balaban J connectivity index is 1.33. The standard InChI is InChI=1S/C23H26BrFN2O2/c1-14-12-27(13-15(2)29-14)22-7-6-16(8-21(22)25)11-26-23(28)20-10-19(20)17-4-3-5-18(24)9-17/h3-9,14-15,19-20H,10-13H2,1-2H3,(H,26,28). The van der Waals surface area contributed by atoms with Gasteiger partial charge in [-0.1, -0.05) is 34.1 Å². The lowest BCUT2D eigenvalue weighted by Gasteiger charge is -2.37. The van der Waals surface area contributed by atoms with E-state index in [1.54, 1.807) is 0 Å². The Kier molecular flexibility index (Phi) is 5.93. The number of carbonyl (C=O) groups excluding carboxylic acids is 1. The third-order valence-electron chi connectivity index (χ3n) is 5.64. The molecule has 0 radical (unpaired) electrons. The van der Waals surface area contributed by atoms with Gasteiger partial charge in [0.05, 0.1) is 17.9 Å². The van der Waals surface area contributed by atoms with E-state index in [1.807, 2.05) is 43.0 Å². The lowest BCUT2D eigenvalue weighted by atomic mass is 10.1. The van der Waals surface area contributed by atoms with Crippen molar-refractivity contribution in [1.82, 2.24) is 5.32 Å². The minimum Gasteiger partial charge on any atom is -0.372 e. The van der Waals surface area contributed by atoms with Crippen molar-refractivity contribution in [2.75, 3.05) is 18.0 Å². The summed E-state index contributed by atoms with van der Waals surface area (Å²) in [6.45, 7) is 5.70. The maximum Gasteiger partial charge on any atom is 0.224 e. The van der Waals surface area contributed by atoms with Crippen LogP contribution >= 0.6 is 15.9 Å². The summed E-state index contributed by atoms with van der Waals surface area (Å²) in [4.78, 5) is 14.5. The second-order valence-corrected chi connectivity index (χ2v) is 9.09. The first kappa shape index (κ1) is 20.4. The van der Waals surface area contributed by atoms with Gasteiger partial charge in [0.1, 0.15) is 5.82 Å². The number of carbonyl (C=O) groups is 1. The number of ether oxygens (including phenoxy) is 1. The molecule has 6 heteroatoms. The Bertz CT molecular complexity index is 896. The van der Waals surface area contributed by atoms with E-state index >= 15 is 0 Å². The summed E-state index contributed by atoms with van der Waals surface area (Å²) in [6, 6.07) is 13.3. The van der Waals surface area contributed by atoms with Crippen molar-refractivity contribution in [3.05, 3.63) is 63.9 Å². The van der Waals surface area contributed by atoms with Crippen molar-refractivity contribution in [2.45, 2.75) is 44.9 Å². The number of amides is 1. The monoisotopic (exact) mass is 460 g/mol. The van der Waals surface area contributed by atoms with Crippen LogP contribution < -0.4 is 10.2 Å². The molecule has 2 aromatic rings. The van der Waals surface area contributed by atoms with Gasteiger partial charge in [0.15, 0.2) is 0 Å². The zero-order valence-electron chi connectivity index (χ0n) is 16.7. The number of nitrogens with one attached hydrogen (secondary N) is 1. The molecule has 1 aliphatic heterocycles. The highest BCUT2D eigenvalue weighted by atomic mass is 79.9. The van der Waals surface area contributed by atoms with Crippen LogP contribution in [0.2, 0.25) is 0 Å². The van der Waals surface area contributed by atoms with E-state index in [0.29, 0.717) is 25.3 Å². The summed E-state index contributed by atoms with van der Waals surface area (Å²) < 4.78 is 21.5. The topological polar surface area (TPSA) is 41.6 Å². The second kappa shape index (κ2) is 8.44. The molecule has 4 atom stereocenters. The van der Waals surface area contributed by atoms with Gasteiger partial charge in [-0.3, -0.25) is 4.79 Å². The zero-order chi connectivity index (χ0) is 20.5. The maximum atomic E-state index is 14.7. The molecule has 1 aliphatic carbocycles. The average Bonchev–Trinajstić information content (AvgIpc) is 3.46. The predicted molar refractivity (Wildman–Crippen MR) is 115 cm³/mol. The van der Waals surface area contributed by atoms with E-state index in [0.717, 1.165) is 16.5 Å². The van der Waals surface area contributed by atoms with E-state index in [1.165, 1.54) is 11.6 Å². The minimum absolute atomic E-state index is 0.00439. The number of hydrogen-bond acceptors (Lipinski definition) is 3. The lowest BCUT2D eigenvalue weighted by Crippen LogP contribution is -2.45. The molecule has 29 heavy (non-hydrogen) atoms. The van der Waals surface area contributed by atoms with Crippen LogP contribution in [-0.2, 0) is 16.1 Å². The van der Waals surface area contributed by atoms with Crippen LogP contribution in [0.1, 0.15) is 37.3 Å². The van der Waals surface area contributed by atoms with Crippen LogP contribution in [-0.4, -0.2) is 31.2 Å². The number of morpholine rings is 1. The van der Waals surface area contributed by atoms with E-state index in [-0.39, 0.29) is 35.8 Å². The Morgan fingerprint density at radius 3 is 2.66 bits per heavy atom. The first-order valence-electron chi connectivity index (χ1n) is 10.1. The summed E-state index contributed by atoms with van der Waals surface area (Å²) in [7, 11) is 0. The van der Waals surface area contributed by atoms with Gasteiger partial charge in [-0.05, 0) is 61.6 Å². The second-order valence-electron chi connectivity index (χ2n) is 8.17. The fourth-order valence-electron chi connectivity index (χ4n) is 4.20. The molecule has 1 N–H and O–H groups in total. The van der Waals surface area contributed by atoms with Crippen LogP contribution in [0, 0.1) is 11.7 Å². The zero-order valence-corrected chi connectivity index (χ0v) is 18.3. The van der Waals surface area contributed by atoms with Crippen LogP contribution in [0.3, 0.4) is 0 Å². The normalized spacial score (nSPS) is 26.3. The Hall–Kier alpha value is -1.92. The summed E-state index contributed by atoms with van der Waals surface area (Å²) in [5, 5.41) is 2.96. The highest BCUT2D eigenvalue weighted by molar-refractivity contribution is 9.10. The third kappa shape index (κ3) is 4.81. The van der Waals surface area contributed by atoms with Crippen LogP contribution in [0.15, 0.2) is 46.9 Å². The fourth-order valence-corrected chi connectivity index (χ4v) is 4.62. The SMILES string of the molecule is CC1CN(c2ccc(CNC(=O)C3CC3c3cccc(Br)c3)cc2F)CC(C)O1. The average molecular weight is 461 g/mol. The molecular weight excluding hydrogens is 435 g/mol. The highest BCUT2D eigenvalue weighted by Gasteiger charge is 2.43. The summed E-state index contributed by atoms with van der Waals surface area (Å²) in [5.74, 6) is 0.0634. The quantitative estimate of drug-likeness (QED) is 0.707. The van der Waals surface area contributed by atoms with Crippen LogP contribution in [0.25, 0.3) is 0 Å². The van der Waals surface area contributed by atoms with E-state index < -0.39 is 0 Å². The fraction of sp³-hybridized carbons (Fsp3) is 0.435. The van der Waals surface area contributed by atoms with Gasteiger partial charge in [0.25, 0.3) is 0 Å². The molecule has 4 unspecified atom stereocenters. The molecule has 2 aromatic carbocycles. The molecule has 2 aliphatic rings. The van der Waals surface area contributed by atoms with E-state index in [4.69, 9.17) is 4.74 Å². The smallest absolute Gasteiger partial charge is 0.224 e. The summed E-state index contributed by atoms with van der Waals surface area (Å²) in [5.41, 5.74) is 2.55. The van der Waals surface area contributed by atoms with Gasteiger partial charge in [0.2, 0.25) is 5.91 Å². The van der Waals surface area contributed by atoms with Gasteiger partial charge in [0, 0.05) is 30.0 Å². The number of benzene rings is 2.